The summed E-state index contributed by atoms with van der Waals surface area (Å²) < 4.78 is 0. The minimum absolute atomic E-state index is 0.617. The molecular formula is C11H10N4S. The maximum Gasteiger partial charge on any atom is 0.127 e. The molecule has 2 rings (SSSR count). The van der Waals surface area contributed by atoms with Crippen LogP contribution < -0.4 is 5.32 Å². The minimum Gasteiger partial charge on any atom is -0.370 e. The highest BCUT2D eigenvalue weighted by Crippen LogP contribution is 2.07. The second-order valence-corrected chi connectivity index (χ2v) is 4.12. The third-order valence-electron chi connectivity index (χ3n) is 2.02. The van der Waals surface area contributed by atoms with Crippen LogP contribution in [0.3, 0.4) is 0 Å². The van der Waals surface area contributed by atoms with Crippen LogP contribution in [0.25, 0.3) is 0 Å². The first-order valence-corrected chi connectivity index (χ1v) is 5.75. The highest BCUT2D eigenvalue weighted by Gasteiger charge is 1.97. The largest absolute Gasteiger partial charge is 0.370 e. The van der Waals surface area contributed by atoms with Crippen molar-refractivity contribution in [3.05, 3.63) is 40.5 Å². The van der Waals surface area contributed by atoms with Crippen LogP contribution in [0.2, 0.25) is 0 Å². The van der Waals surface area contributed by atoms with E-state index in [9.17, 15) is 0 Å². The summed E-state index contributed by atoms with van der Waals surface area (Å²) in [6.45, 7) is 0.773. The Kier molecular flexibility index (Phi) is 3.46. The highest BCUT2D eigenvalue weighted by atomic mass is 32.1. The molecule has 0 saturated carbocycles. The van der Waals surface area contributed by atoms with Gasteiger partial charge in [-0.15, -0.1) is 11.3 Å². The molecule has 16 heavy (non-hydrogen) atoms. The lowest BCUT2D eigenvalue weighted by molar-refractivity contribution is 0.987. The van der Waals surface area contributed by atoms with Crippen LogP contribution in [0.1, 0.15) is 10.6 Å². The van der Waals surface area contributed by atoms with E-state index in [4.69, 9.17) is 5.26 Å². The Hall–Kier alpha value is -1.93. The van der Waals surface area contributed by atoms with E-state index < -0.39 is 0 Å². The van der Waals surface area contributed by atoms with Gasteiger partial charge in [-0.3, -0.25) is 0 Å². The molecule has 0 fully saturated rings. The number of nitriles is 1. The third kappa shape index (κ3) is 2.78. The average molecular weight is 230 g/mol. The number of pyridine rings is 1. The van der Waals surface area contributed by atoms with Crippen molar-refractivity contribution in [2.24, 2.45) is 0 Å². The molecule has 0 radical (unpaired) electrons. The summed E-state index contributed by atoms with van der Waals surface area (Å²) in [7, 11) is 0. The third-order valence-corrected chi connectivity index (χ3v) is 2.86. The summed E-state index contributed by atoms with van der Waals surface area (Å²) in [4.78, 5) is 8.31. The lowest BCUT2D eigenvalue weighted by Crippen LogP contribution is -2.06. The van der Waals surface area contributed by atoms with Crippen LogP contribution in [0.4, 0.5) is 5.82 Å². The smallest absolute Gasteiger partial charge is 0.127 e. The number of thiazole rings is 1. The van der Waals surface area contributed by atoms with E-state index >= 15 is 0 Å². The van der Waals surface area contributed by atoms with Crippen molar-refractivity contribution in [2.75, 3.05) is 11.9 Å². The normalized spacial score (nSPS) is 9.69. The van der Waals surface area contributed by atoms with Gasteiger partial charge in [0.1, 0.15) is 5.82 Å². The zero-order valence-corrected chi connectivity index (χ0v) is 9.37. The van der Waals surface area contributed by atoms with Gasteiger partial charge < -0.3 is 5.32 Å². The predicted octanol–water partition coefficient (Wildman–Crippen LogP) is 2.06. The lowest BCUT2D eigenvalue weighted by Gasteiger charge is -2.03. The zero-order valence-electron chi connectivity index (χ0n) is 8.55. The molecule has 0 aromatic carbocycles. The molecule has 2 aromatic rings. The second kappa shape index (κ2) is 5.24. The first-order chi connectivity index (χ1) is 7.88. The molecule has 2 heterocycles. The molecule has 80 valence electrons. The molecule has 0 spiro atoms. The minimum atomic E-state index is 0.617. The fraction of sp³-hybridized carbons (Fsp3) is 0.182. The molecule has 0 aliphatic carbocycles. The van der Waals surface area contributed by atoms with Crippen LogP contribution in [-0.2, 0) is 6.42 Å². The van der Waals surface area contributed by atoms with Crippen molar-refractivity contribution in [1.29, 1.82) is 5.26 Å². The van der Waals surface area contributed by atoms with E-state index in [-0.39, 0.29) is 0 Å². The van der Waals surface area contributed by atoms with Crippen LogP contribution in [0, 0.1) is 11.3 Å². The molecule has 2 aromatic heterocycles. The predicted molar refractivity (Wildman–Crippen MR) is 63.3 cm³/mol. The number of rotatable bonds is 4. The van der Waals surface area contributed by atoms with Crippen LogP contribution in [0.5, 0.6) is 0 Å². The van der Waals surface area contributed by atoms with Gasteiger partial charge in [0.25, 0.3) is 0 Å². The van der Waals surface area contributed by atoms with Gasteiger partial charge in [-0.2, -0.15) is 5.26 Å². The number of nitrogens with zero attached hydrogens (tertiary/aromatic N) is 3. The van der Waals surface area contributed by atoms with Gasteiger partial charge >= 0.3 is 0 Å². The van der Waals surface area contributed by atoms with Gasteiger partial charge in [0, 0.05) is 30.7 Å². The van der Waals surface area contributed by atoms with E-state index in [2.05, 4.69) is 21.4 Å². The van der Waals surface area contributed by atoms with Gasteiger partial charge in [-0.05, 0) is 12.1 Å². The molecule has 0 aliphatic rings. The Labute approximate surface area is 97.6 Å². The highest BCUT2D eigenvalue weighted by molar-refractivity contribution is 7.09. The quantitative estimate of drug-likeness (QED) is 0.873. The summed E-state index contributed by atoms with van der Waals surface area (Å²) in [6.07, 6.45) is 4.30. The molecule has 1 N–H and O–H groups in total. The van der Waals surface area contributed by atoms with E-state index in [1.807, 2.05) is 5.38 Å². The summed E-state index contributed by atoms with van der Waals surface area (Å²) in [6, 6.07) is 5.51. The van der Waals surface area contributed by atoms with E-state index in [1.54, 1.807) is 35.9 Å². The summed E-state index contributed by atoms with van der Waals surface area (Å²) in [5.41, 5.74) is 0.617. The fourth-order valence-corrected chi connectivity index (χ4v) is 1.89. The fourth-order valence-electron chi connectivity index (χ4n) is 1.27. The van der Waals surface area contributed by atoms with Crippen molar-refractivity contribution in [3.8, 4) is 6.07 Å². The van der Waals surface area contributed by atoms with Crippen LogP contribution in [0.15, 0.2) is 29.9 Å². The van der Waals surface area contributed by atoms with Crippen molar-refractivity contribution in [1.82, 2.24) is 9.97 Å². The van der Waals surface area contributed by atoms with Gasteiger partial charge in [0.2, 0.25) is 0 Å². The number of aromatic nitrogens is 2. The van der Waals surface area contributed by atoms with Crippen molar-refractivity contribution in [2.45, 2.75) is 6.42 Å². The molecular weight excluding hydrogens is 220 g/mol. The number of hydrogen-bond acceptors (Lipinski definition) is 5. The van der Waals surface area contributed by atoms with Gasteiger partial charge in [0.15, 0.2) is 0 Å². The van der Waals surface area contributed by atoms with Crippen molar-refractivity contribution in [3.63, 3.8) is 0 Å². The zero-order chi connectivity index (χ0) is 11.2. The van der Waals surface area contributed by atoms with Crippen LogP contribution >= 0.6 is 11.3 Å². The van der Waals surface area contributed by atoms with E-state index in [0.29, 0.717) is 5.56 Å². The standard InChI is InChI=1S/C11H10N4S/c12-8-9-1-3-13-10(7-9)14-4-2-11-15-5-6-16-11/h1,3,5-7H,2,4H2,(H,13,14). The van der Waals surface area contributed by atoms with Crippen molar-refractivity contribution >= 4 is 17.2 Å². The molecule has 4 nitrogen and oxygen atoms in total. The molecule has 0 saturated heterocycles. The Morgan fingerprint density at radius 1 is 1.38 bits per heavy atom. The second-order valence-electron chi connectivity index (χ2n) is 3.14. The van der Waals surface area contributed by atoms with Gasteiger partial charge in [0.05, 0.1) is 16.6 Å². The number of anilines is 1. The van der Waals surface area contributed by atoms with Crippen LogP contribution in [-0.4, -0.2) is 16.5 Å². The Bertz CT molecular complexity index is 487. The Morgan fingerprint density at radius 3 is 3.06 bits per heavy atom. The monoisotopic (exact) mass is 230 g/mol. The summed E-state index contributed by atoms with van der Waals surface area (Å²) >= 11 is 1.64. The van der Waals surface area contributed by atoms with Gasteiger partial charge in [-0.25, -0.2) is 9.97 Å². The topological polar surface area (TPSA) is 61.6 Å². The maximum atomic E-state index is 8.72. The SMILES string of the molecule is N#Cc1ccnc(NCCc2nccs2)c1. The first-order valence-electron chi connectivity index (χ1n) is 4.87. The summed E-state index contributed by atoms with van der Waals surface area (Å²) in [5, 5.41) is 14.9. The summed E-state index contributed by atoms with van der Waals surface area (Å²) in [5.74, 6) is 0.732. The van der Waals surface area contributed by atoms with Crippen molar-refractivity contribution < 1.29 is 0 Å². The van der Waals surface area contributed by atoms with E-state index in [1.165, 1.54) is 0 Å². The Balaban J connectivity index is 1.88. The molecule has 0 amide bonds. The lowest BCUT2D eigenvalue weighted by atomic mass is 10.3. The molecule has 5 heteroatoms. The molecule has 0 atom stereocenters. The number of nitrogens with one attached hydrogen (secondary N) is 1. The average Bonchev–Trinajstić information content (AvgIpc) is 2.82. The number of hydrogen-bond donors (Lipinski definition) is 1. The molecule has 0 unspecified atom stereocenters. The maximum absolute atomic E-state index is 8.72. The Morgan fingerprint density at radius 2 is 2.31 bits per heavy atom. The first kappa shape index (κ1) is 10.6. The van der Waals surface area contributed by atoms with E-state index in [0.717, 1.165) is 23.8 Å². The molecule has 0 aliphatic heterocycles. The molecule has 0 bridgehead atoms. The van der Waals surface area contributed by atoms with Gasteiger partial charge in [-0.1, -0.05) is 0 Å².